The highest BCUT2D eigenvalue weighted by atomic mass is 16.5. The second-order valence-electron chi connectivity index (χ2n) is 5.71. The molecule has 2 amide bonds. The Balaban J connectivity index is 1.61. The number of hydrazine groups is 1. The lowest BCUT2D eigenvalue weighted by molar-refractivity contribution is 0.202. The van der Waals surface area contributed by atoms with Gasteiger partial charge in [0.25, 0.3) is 0 Å². The third-order valence-electron chi connectivity index (χ3n) is 3.77. The van der Waals surface area contributed by atoms with Crippen molar-refractivity contribution in [3.63, 3.8) is 0 Å². The topological polar surface area (TPSA) is 86.8 Å². The predicted octanol–water partition coefficient (Wildman–Crippen LogP) is 1.72. The second kappa shape index (κ2) is 8.16. The quantitative estimate of drug-likeness (QED) is 0.477. The number of amides is 2. The molecule has 1 fully saturated rings. The Morgan fingerprint density at radius 1 is 1.16 bits per heavy atom. The molecule has 0 saturated carbocycles. The first kappa shape index (κ1) is 16.8. The van der Waals surface area contributed by atoms with Crippen LogP contribution >= 0.6 is 0 Å². The number of rotatable bonds is 6. The van der Waals surface area contributed by atoms with Gasteiger partial charge in [-0.15, -0.1) is 0 Å². The molecule has 7 nitrogen and oxygen atoms in total. The van der Waals surface area contributed by atoms with Gasteiger partial charge in [-0.2, -0.15) is 5.10 Å². The summed E-state index contributed by atoms with van der Waals surface area (Å²) in [6.07, 6.45) is 1.38. The van der Waals surface area contributed by atoms with Crippen LogP contribution in [0.15, 0.2) is 59.7 Å². The Labute approximate surface area is 146 Å². The minimum absolute atomic E-state index is 0.0144. The van der Waals surface area contributed by atoms with Crippen LogP contribution in [-0.2, 0) is 6.61 Å². The number of nitrogens with zero attached hydrogens (tertiary/aromatic N) is 1. The van der Waals surface area contributed by atoms with Crippen molar-refractivity contribution in [2.24, 2.45) is 5.10 Å². The summed E-state index contributed by atoms with van der Waals surface area (Å²) >= 11 is 0. The van der Waals surface area contributed by atoms with Gasteiger partial charge in [0.1, 0.15) is 18.5 Å². The fourth-order valence-corrected chi connectivity index (χ4v) is 2.35. The third kappa shape index (κ3) is 4.71. The number of hydrogen-bond acceptors (Lipinski definition) is 5. The molecule has 1 aliphatic rings. The molecular formula is C18H21N5O2. The van der Waals surface area contributed by atoms with Crippen LogP contribution in [0.4, 0.5) is 4.79 Å². The first-order valence-electron chi connectivity index (χ1n) is 8.09. The summed E-state index contributed by atoms with van der Waals surface area (Å²) in [5, 5.41) is 6.97. The number of urea groups is 1. The normalized spacial score (nSPS) is 20.0. The molecule has 7 heteroatoms. The fraction of sp³-hybridized carbons (Fsp3) is 0.222. The molecule has 3 rings (SSSR count). The van der Waals surface area contributed by atoms with Crippen molar-refractivity contribution in [2.45, 2.75) is 25.7 Å². The van der Waals surface area contributed by atoms with E-state index in [0.29, 0.717) is 6.61 Å². The zero-order valence-corrected chi connectivity index (χ0v) is 13.9. The summed E-state index contributed by atoms with van der Waals surface area (Å²) in [5.41, 5.74) is 10.2. The van der Waals surface area contributed by atoms with E-state index in [4.69, 9.17) is 4.74 Å². The van der Waals surface area contributed by atoms with Crippen LogP contribution in [0.3, 0.4) is 0 Å². The second-order valence-corrected chi connectivity index (χ2v) is 5.71. The van der Waals surface area contributed by atoms with E-state index in [2.05, 4.69) is 26.7 Å². The maximum Gasteiger partial charge on any atom is 0.330 e. The van der Waals surface area contributed by atoms with Crippen molar-refractivity contribution in [1.29, 1.82) is 0 Å². The van der Waals surface area contributed by atoms with Gasteiger partial charge in [-0.05, 0) is 24.6 Å². The molecule has 0 spiro atoms. The van der Waals surface area contributed by atoms with Crippen molar-refractivity contribution < 1.29 is 9.53 Å². The fourth-order valence-electron chi connectivity index (χ4n) is 2.35. The summed E-state index contributed by atoms with van der Waals surface area (Å²) in [7, 11) is 0. The summed E-state index contributed by atoms with van der Waals surface area (Å²) in [6, 6.07) is 17.4. The highest BCUT2D eigenvalue weighted by Gasteiger charge is 2.23. The highest BCUT2D eigenvalue weighted by Crippen LogP contribution is 2.17. The molecule has 130 valence electrons. The zero-order chi connectivity index (χ0) is 17.5. The first-order chi connectivity index (χ1) is 12.2. The van der Waals surface area contributed by atoms with Gasteiger partial charge in [0.05, 0.1) is 12.3 Å². The van der Waals surface area contributed by atoms with Gasteiger partial charge in [-0.25, -0.2) is 10.2 Å². The number of carbonyl (C=O) groups excluding carboxylic acids is 1. The van der Waals surface area contributed by atoms with E-state index in [-0.39, 0.29) is 18.2 Å². The maximum absolute atomic E-state index is 11.3. The van der Waals surface area contributed by atoms with Crippen LogP contribution in [0, 0.1) is 0 Å². The van der Waals surface area contributed by atoms with Crippen LogP contribution in [0.25, 0.3) is 0 Å². The lowest BCUT2D eigenvalue weighted by atomic mass is 10.2. The Bertz CT molecular complexity index is 735. The number of benzene rings is 2. The Morgan fingerprint density at radius 2 is 1.92 bits per heavy atom. The van der Waals surface area contributed by atoms with Crippen molar-refractivity contribution in [2.75, 3.05) is 0 Å². The van der Waals surface area contributed by atoms with E-state index in [1.165, 1.54) is 0 Å². The molecule has 0 radical (unpaired) electrons. The lowest BCUT2D eigenvalue weighted by Crippen LogP contribution is -2.67. The molecule has 1 saturated heterocycles. The lowest BCUT2D eigenvalue weighted by Gasteiger charge is -2.30. The molecule has 0 bridgehead atoms. The van der Waals surface area contributed by atoms with Crippen LogP contribution in [-0.4, -0.2) is 24.5 Å². The molecule has 1 heterocycles. The summed E-state index contributed by atoms with van der Waals surface area (Å²) < 4.78 is 5.89. The summed E-state index contributed by atoms with van der Waals surface area (Å²) in [4.78, 5) is 11.3. The minimum atomic E-state index is -0.303. The molecular weight excluding hydrogens is 318 g/mol. The number of ether oxygens (including phenoxy) is 1. The van der Waals surface area contributed by atoms with Gasteiger partial charge < -0.3 is 10.1 Å². The van der Waals surface area contributed by atoms with E-state index in [9.17, 15) is 4.79 Å². The molecule has 2 aromatic carbocycles. The van der Waals surface area contributed by atoms with Crippen LogP contribution in [0.2, 0.25) is 0 Å². The first-order valence-corrected chi connectivity index (χ1v) is 8.09. The number of hydrazone groups is 1. The molecule has 25 heavy (non-hydrogen) atoms. The van der Waals surface area contributed by atoms with Gasteiger partial charge in [0, 0.05) is 5.56 Å². The van der Waals surface area contributed by atoms with E-state index in [1.54, 1.807) is 6.21 Å². The molecule has 0 aromatic heterocycles. The number of hydrogen-bond donors (Lipinski definition) is 4. The zero-order valence-electron chi connectivity index (χ0n) is 13.9. The molecule has 2 aromatic rings. The van der Waals surface area contributed by atoms with Crippen LogP contribution in [0.1, 0.15) is 18.1 Å². The molecule has 2 atom stereocenters. The van der Waals surface area contributed by atoms with Crippen molar-refractivity contribution in [1.82, 2.24) is 21.6 Å². The van der Waals surface area contributed by atoms with E-state index in [0.717, 1.165) is 16.9 Å². The smallest absolute Gasteiger partial charge is 0.330 e. The van der Waals surface area contributed by atoms with Gasteiger partial charge in [-0.1, -0.05) is 42.5 Å². The van der Waals surface area contributed by atoms with Gasteiger partial charge >= 0.3 is 6.03 Å². The van der Waals surface area contributed by atoms with Crippen LogP contribution in [0.5, 0.6) is 5.75 Å². The Hall–Kier alpha value is -3.06. The standard InChI is InChI=1S/C18H21N5O2/c1-13-17(20-18(24)23-21-13)22-19-11-15-9-5-6-10-16(15)25-12-14-7-3-2-4-8-14/h2-11,13,17,21-22H,12H2,1H3,(H2,20,23,24)/b19-11+. The summed E-state index contributed by atoms with van der Waals surface area (Å²) in [6.45, 7) is 2.42. The molecule has 0 aliphatic carbocycles. The maximum atomic E-state index is 11.3. The Morgan fingerprint density at radius 3 is 2.76 bits per heavy atom. The molecule has 4 N–H and O–H groups in total. The average Bonchev–Trinajstić information content (AvgIpc) is 2.64. The van der Waals surface area contributed by atoms with Crippen molar-refractivity contribution >= 4 is 12.2 Å². The number of nitrogens with one attached hydrogen (secondary N) is 4. The highest BCUT2D eigenvalue weighted by molar-refractivity contribution is 5.83. The Kier molecular flexibility index (Phi) is 5.48. The van der Waals surface area contributed by atoms with E-state index in [1.807, 2.05) is 61.5 Å². The third-order valence-corrected chi connectivity index (χ3v) is 3.77. The summed E-state index contributed by atoms with van der Waals surface area (Å²) in [5.74, 6) is 0.748. The van der Waals surface area contributed by atoms with E-state index < -0.39 is 0 Å². The molecule has 2 unspecified atom stereocenters. The van der Waals surface area contributed by atoms with Crippen molar-refractivity contribution in [3.8, 4) is 5.75 Å². The number of para-hydroxylation sites is 1. The predicted molar refractivity (Wildman–Crippen MR) is 96.0 cm³/mol. The van der Waals surface area contributed by atoms with Gasteiger partial charge in [0.2, 0.25) is 0 Å². The SMILES string of the molecule is CC1NNC(=O)NC1N/N=C/c1ccccc1OCc1ccccc1. The molecule has 1 aliphatic heterocycles. The van der Waals surface area contributed by atoms with Gasteiger partial charge in [-0.3, -0.25) is 10.9 Å². The van der Waals surface area contributed by atoms with Crippen LogP contribution < -0.4 is 26.3 Å². The van der Waals surface area contributed by atoms with E-state index >= 15 is 0 Å². The average molecular weight is 339 g/mol. The monoisotopic (exact) mass is 339 g/mol. The largest absolute Gasteiger partial charge is 0.488 e. The van der Waals surface area contributed by atoms with Gasteiger partial charge in [0.15, 0.2) is 0 Å². The van der Waals surface area contributed by atoms with Crippen molar-refractivity contribution in [3.05, 3.63) is 65.7 Å². The number of carbonyl (C=O) groups is 1. The minimum Gasteiger partial charge on any atom is -0.488 e.